The van der Waals surface area contributed by atoms with Gasteiger partial charge >= 0.3 is 6.09 Å². The second-order valence-corrected chi connectivity index (χ2v) is 3.02. The Balaban J connectivity index is 2.32. The second kappa shape index (κ2) is 5.80. The standard InChI is InChI=1S/C11H14N2O2/c1-2-10(12)13-11(14)15-8-9-6-4-3-5-7-9/h3-7H,2,8H2,1H3,(H2,12,13,14). The van der Waals surface area contributed by atoms with E-state index in [-0.39, 0.29) is 12.4 Å². The number of carbonyl (C=O) groups is 1. The lowest BCUT2D eigenvalue weighted by Crippen LogP contribution is -2.29. The van der Waals surface area contributed by atoms with Gasteiger partial charge < -0.3 is 4.74 Å². The van der Waals surface area contributed by atoms with E-state index in [0.717, 1.165) is 5.56 Å². The molecular weight excluding hydrogens is 192 g/mol. The number of nitrogens with one attached hydrogen (secondary N) is 2. The van der Waals surface area contributed by atoms with Crippen LogP contribution < -0.4 is 5.32 Å². The zero-order valence-electron chi connectivity index (χ0n) is 8.62. The van der Waals surface area contributed by atoms with Gasteiger partial charge in [0.2, 0.25) is 0 Å². The number of carbonyl (C=O) groups excluding carboxylic acids is 1. The van der Waals surface area contributed by atoms with Crippen molar-refractivity contribution in [3.8, 4) is 0 Å². The highest BCUT2D eigenvalue weighted by atomic mass is 16.5. The van der Waals surface area contributed by atoms with E-state index in [2.05, 4.69) is 5.32 Å². The van der Waals surface area contributed by atoms with E-state index in [1.165, 1.54) is 0 Å². The maximum Gasteiger partial charge on any atom is 0.412 e. The molecule has 80 valence electrons. The minimum Gasteiger partial charge on any atom is -0.444 e. The molecule has 0 aromatic heterocycles. The Morgan fingerprint density at radius 1 is 1.40 bits per heavy atom. The van der Waals surface area contributed by atoms with Crippen LogP contribution in [0.4, 0.5) is 4.79 Å². The normalized spacial score (nSPS) is 9.40. The van der Waals surface area contributed by atoms with Gasteiger partial charge in [-0.1, -0.05) is 37.3 Å². The number of benzene rings is 1. The molecule has 0 aliphatic rings. The summed E-state index contributed by atoms with van der Waals surface area (Å²) >= 11 is 0. The third-order valence-electron chi connectivity index (χ3n) is 1.82. The van der Waals surface area contributed by atoms with Crippen molar-refractivity contribution in [3.05, 3.63) is 35.9 Å². The molecule has 0 fully saturated rings. The van der Waals surface area contributed by atoms with Crippen molar-refractivity contribution in [2.45, 2.75) is 20.0 Å². The van der Waals surface area contributed by atoms with Gasteiger partial charge in [-0.05, 0) is 5.56 Å². The highest BCUT2D eigenvalue weighted by Crippen LogP contribution is 2.00. The van der Waals surface area contributed by atoms with Crippen LogP contribution in [0.2, 0.25) is 0 Å². The van der Waals surface area contributed by atoms with Crippen LogP contribution in [0.1, 0.15) is 18.9 Å². The molecule has 0 heterocycles. The van der Waals surface area contributed by atoms with Gasteiger partial charge in [-0.3, -0.25) is 10.7 Å². The number of alkyl carbamates (subject to hydrolysis) is 1. The van der Waals surface area contributed by atoms with Crippen molar-refractivity contribution in [1.82, 2.24) is 5.32 Å². The van der Waals surface area contributed by atoms with E-state index < -0.39 is 6.09 Å². The van der Waals surface area contributed by atoms with Gasteiger partial charge in [0.05, 0.1) is 0 Å². The lowest BCUT2D eigenvalue weighted by Gasteiger charge is -2.06. The minimum atomic E-state index is -0.578. The summed E-state index contributed by atoms with van der Waals surface area (Å²) in [7, 11) is 0. The number of ether oxygens (including phenoxy) is 1. The molecule has 0 unspecified atom stereocenters. The highest BCUT2D eigenvalue weighted by molar-refractivity contribution is 5.93. The van der Waals surface area contributed by atoms with E-state index in [4.69, 9.17) is 10.1 Å². The predicted octanol–water partition coefficient (Wildman–Crippen LogP) is 2.30. The molecule has 0 aliphatic heterocycles. The first kappa shape index (κ1) is 11.2. The number of amidine groups is 1. The molecule has 0 spiro atoms. The topological polar surface area (TPSA) is 62.2 Å². The van der Waals surface area contributed by atoms with Crippen molar-refractivity contribution >= 4 is 11.9 Å². The van der Waals surface area contributed by atoms with Crippen molar-refractivity contribution in [1.29, 1.82) is 5.41 Å². The fourth-order valence-electron chi connectivity index (χ4n) is 0.971. The molecule has 0 aliphatic carbocycles. The Bertz CT molecular complexity index is 336. The molecule has 0 radical (unpaired) electrons. The average Bonchev–Trinajstić information content (AvgIpc) is 2.27. The van der Waals surface area contributed by atoms with E-state index in [1.807, 2.05) is 30.3 Å². The van der Waals surface area contributed by atoms with Crippen LogP contribution in [0.5, 0.6) is 0 Å². The largest absolute Gasteiger partial charge is 0.444 e. The Labute approximate surface area is 88.8 Å². The summed E-state index contributed by atoms with van der Waals surface area (Å²) in [6.07, 6.45) is -0.0915. The van der Waals surface area contributed by atoms with Crippen LogP contribution in [0, 0.1) is 5.41 Å². The van der Waals surface area contributed by atoms with Gasteiger partial charge in [0, 0.05) is 6.42 Å². The summed E-state index contributed by atoms with van der Waals surface area (Å²) in [5, 5.41) is 9.56. The molecular formula is C11H14N2O2. The summed E-state index contributed by atoms with van der Waals surface area (Å²) in [5.74, 6) is 0.160. The van der Waals surface area contributed by atoms with Crippen LogP contribution in [0.3, 0.4) is 0 Å². The van der Waals surface area contributed by atoms with E-state index in [9.17, 15) is 4.79 Å². The van der Waals surface area contributed by atoms with Crippen LogP contribution >= 0.6 is 0 Å². The molecule has 4 nitrogen and oxygen atoms in total. The van der Waals surface area contributed by atoms with E-state index in [1.54, 1.807) is 6.92 Å². The van der Waals surface area contributed by atoms with Crippen LogP contribution in [-0.2, 0) is 11.3 Å². The third kappa shape index (κ3) is 4.26. The predicted molar refractivity (Wildman–Crippen MR) is 57.8 cm³/mol. The van der Waals surface area contributed by atoms with Crippen molar-refractivity contribution in [2.75, 3.05) is 0 Å². The first-order valence-electron chi connectivity index (χ1n) is 4.77. The zero-order chi connectivity index (χ0) is 11.1. The summed E-state index contributed by atoms with van der Waals surface area (Å²) < 4.78 is 4.91. The van der Waals surface area contributed by atoms with Crippen LogP contribution in [-0.4, -0.2) is 11.9 Å². The Kier molecular flexibility index (Phi) is 4.34. The maximum atomic E-state index is 11.1. The van der Waals surface area contributed by atoms with Crippen LogP contribution in [0.25, 0.3) is 0 Å². The average molecular weight is 206 g/mol. The van der Waals surface area contributed by atoms with Gasteiger partial charge in [-0.15, -0.1) is 0 Å². The molecule has 2 N–H and O–H groups in total. The molecule has 15 heavy (non-hydrogen) atoms. The smallest absolute Gasteiger partial charge is 0.412 e. The second-order valence-electron chi connectivity index (χ2n) is 3.02. The molecule has 1 amide bonds. The monoisotopic (exact) mass is 206 g/mol. The number of amides is 1. The quantitative estimate of drug-likeness (QED) is 0.588. The molecule has 1 aromatic rings. The van der Waals surface area contributed by atoms with E-state index >= 15 is 0 Å². The van der Waals surface area contributed by atoms with Gasteiger partial charge in [0.15, 0.2) is 0 Å². The summed E-state index contributed by atoms with van der Waals surface area (Å²) in [4.78, 5) is 11.1. The molecule has 4 heteroatoms. The van der Waals surface area contributed by atoms with Crippen LogP contribution in [0.15, 0.2) is 30.3 Å². The number of hydrogen-bond donors (Lipinski definition) is 2. The zero-order valence-corrected chi connectivity index (χ0v) is 8.62. The summed E-state index contributed by atoms with van der Waals surface area (Å²) in [5.41, 5.74) is 0.927. The number of hydrogen-bond acceptors (Lipinski definition) is 3. The first-order valence-corrected chi connectivity index (χ1v) is 4.77. The lowest BCUT2D eigenvalue weighted by atomic mass is 10.2. The molecule has 0 atom stereocenters. The first-order chi connectivity index (χ1) is 7.22. The minimum absolute atomic E-state index is 0.160. The third-order valence-corrected chi connectivity index (χ3v) is 1.82. The molecule has 0 saturated carbocycles. The van der Waals surface area contributed by atoms with Gasteiger partial charge in [0.25, 0.3) is 0 Å². The number of rotatable bonds is 3. The van der Waals surface area contributed by atoms with Gasteiger partial charge in [-0.2, -0.15) is 0 Å². The molecule has 1 aromatic carbocycles. The van der Waals surface area contributed by atoms with Crippen molar-refractivity contribution in [3.63, 3.8) is 0 Å². The SMILES string of the molecule is CCC(=N)NC(=O)OCc1ccccc1. The molecule has 1 rings (SSSR count). The molecule has 0 bridgehead atoms. The van der Waals surface area contributed by atoms with E-state index in [0.29, 0.717) is 6.42 Å². The van der Waals surface area contributed by atoms with Gasteiger partial charge in [-0.25, -0.2) is 4.79 Å². The lowest BCUT2D eigenvalue weighted by molar-refractivity contribution is 0.145. The highest BCUT2D eigenvalue weighted by Gasteiger charge is 2.03. The summed E-state index contributed by atoms with van der Waals surface area (Å²) in [6, 6.07) is 9.41. The van der Waals surface area contributed by atoms with Crippen molar-refractivity contribution in [2.24, 2.45) is 0 Å². The molecule has 0 saturated heterocycles. The Hall–Kier alpha value is -1.84. The fraction of sp³-hybridized carbons (Fsp3) is 0.273. The Morgan fingerprint density at radius 3 is 2.67 bits per heavy atom. The van der Waals surface area contributed by atoms with Crippen molar-refractivity contribution < 1.29 is 9.53 Å². The summed E-state index contributed by atoms with van der Waals surface area (Å²) in [6.45, 7) is 2.02. The maximum absolute atomic E-state index is 11.1. The van der Waals surface area contributed by atoms with Gasteiger partial charge in [0.1, 0.15) is 12.4 Å². The Morgan fingerprint density at radius 2 is 2.07 bits per heavy atom. The fourth-order valence-corrected chi connectivity index (χ4v) is 0.971.